The van der Waals surface area contributed by atoms with Crippen LogP contribution < -0.4 is 9.47 Å². The summed E-state index contributed by atoms with van der Waals surface area (Å²) in [5.74, 6) is 1.54. The average molecular weight is 478 g/mol. The quantitative estimate of drug-likeness (QED) is 0.517. The predicted molar refractivity (Wildman–Crippen MR) is 130 cm³/mol. The summed E-state index contributed by atoms with van der Waals surface area (Å²) in [4.78, 5) is 22.2. The van der Waals surface area contributed by atoms with E-state index in [4.69, 9.17) is 19.3 Å². The van der Waals surface area contributed by atoms with E-state index < -0.39 is 0 Å². The number of hydrogen-bond donors (Lipinski definition) is 0. The number of rotatable bonds is 7. The molecular weight excluding hydrogens is 446 g/mol. The summed E-state index contributed by atoms with van der Waals surface area (Å²) in [7, 11) is 3.32. The smallest absolute Gasteiger partial charge is 0.274 e. The van der Waals surface area contributed by atoms with Gasteiger partial charge in [0.1, 0.15) is 11.5 Å². The molecule has 9 nitrogen and oxygen atoms in total. The molecule has 2 aromatic heterocycles. The van der Waals surface area contributed by atoms with Crippen LogP contribution in [0.2, 0.25) is 0 Å². The van der Waals surface area contributed by atoms with E-state index in [-0.39, 0.29) is 5.91 Å². The van der Waals surface area contributed by atoms with Gasteiger partial charge in [0.05, 0.1) is 39.7 Å². The second kappa shape index (κ2) is 10.5. The third-order valence-corrected chi connectivity index (χ3v) is 6.64. The molecule has 0 unspecified atom stereocenters. The van der Waals surface area contributed by atoms with Crippen LogP contribution in [0, 0.1) is 0 Å². The lowest BCUT2D eigenvalue weighted by Gasteiger charge is -2.29. The Kier molecular flexibility index (Phi) is 6.96. The van der Waals surface area contributed by atoms with Gasteiger partial charge in [0.2, 0.25) is 0 Å². The van der Waals surface area contributed by atoms with Crippen molar-refractivity contribution < 1.29 is 19.0 Å². The van der Waals surface area contributed by atoms with Crippen molar-refractivity contribution in [3.63, 3.8) is 0 Å². The molecule has 0 spiro atoms. The number of carbonyl (C=O) groups is 1. The Balaban J connectivity index is 1.43. The zero-order chi connectivity index (χ0) is 24.2. The topological polar surface area (TPSA) is 82.0 Å². The molecule has 1 amide bonds. The van der Waals surface area contributed by atoms with Crippen LogP contribution in [0.25, 0.3) is 0 Å². The highest BCUT2D eigenvalue weighted by Gasteiger charge is 2.31. The minimum absolute atomic E-state index is 0.0202. The van der Waals surface area contributed by atoms with Crippen molar-refractivity contribution in [1.29, 1.82) is 0 Å². The minimum atomic E-state index is -0.0202. The first kappa shape index (κ1) is 23.3. The number of fused-ring (bicyclic) bond motifs is 1. The van der Waals surface area contributed by atoms with Gasteiger partial charge in [-0.15, -0.1) is 0 Å². The van der Waals surface area contributed by atoms with Gasteiger partial charge in [-0.25, -0.2) is 0 Å². The van der Waals surface area contributed by atoms with E-state index in [0.717, 1.165) is 47.0 Å². The number of benzene rings is 1. The summed E-state index contributed by atoms with van der Waals surface area (Å²) in [6.45, 7) is 5.08. The zero-order valence-corrected chi connectivity index (χ0v) is 20.3. The standard InChI is InChI=1S/C26H31N5O4/c1-33-21-7-6-19(24(15-21)34-2)16-29-10-8-23-22(18-29)25(26(32)30-11-13-35-14-12-30)28-31(23)17-20-5-3-4-9-27-20/h3-7,9,15H,8,10-14,16-18H2,1-2H3. The Bertz CT molecular complexity index is 1170. The molecule has 1 fully saturated rings. The molecule has 4 heterocycles. The molecule has 0 saturated carbocycles. The van der Waals surface area contributed by atoms with E-state index in [2.05, 4.69) is 9.88 Å². The Morgan fingerprint density at radius 3 is 2.66 bits per heavy atom. The fourth-order valence-corrected chi connectivity index (χ4v) is 4.77. The van der Waals surface area contributed by atoms with E-state index in [1.807, 2.05) is 46.0 Å². The SMILES string of the molecule is COc1ccc(CN2CCc3c(c(C(=O)N4CCOCC4)nn3Cc3ccccn3)C2)c(OC)c1. The summed E-state index contributed by atoms with van der Waals surface area (Å²) in [6, 6.07) is 11.8. The molecule has 184 valence electrons. The first-order valence-electron chi connectivity index (χ1n) is 11.9. The fourth-order valence-electron chi connectivity index (χ4n) is 4.77. The Labute approximate surface area is 205 Å². The molecule has 1 saturated heterocycles. The van der Waals surface area contributed by atoms with Crippen molar-refractivity contribution in [3.8, 4) is 11.5 Å². The number of amides is 1. The number of ether oxygens (including phenoxy) is 3. The van der Waals surface area contributed by atoms with E-state index in [9.17, 15) is 4.79 Å². The highest BCUT2D eigenvalue weighted by atomic mass is 16.5. The van der Waals surface area contributed by atoms with Gasteiger partial charge in [-0.1, -0.05) is 12.1 Å². The van der Waals surface area contributed by atoms with Crippen molar-refractivity contribution in [2.75, 3.05) is 47.1 Å². The van der Waals surface area contributed by atoms with Gasteiger partial charge in [0.25, 0.3) is 5.91 Å². The van der Waals surface area contributed by atoms with Crippen molar-refractivity contribution in [3.05, 3.63) is 70.8 Å². The van der Waals surface area contributed by atoms with E-state index in [1.165, 1.54) is 0 Å². The molecule has 2 aliphatic heterocycles. The molecule has 0 radical (unpaired) electrons. The summed E-state index contributed by atoms with van der Waals surface area (Å²) in [5, 5.41) is 4.84. The van der Waals surface area contributed by atoms with Crippen LogP contribution in [0.5, 0.6) is 11.5 Å². The van der Waals surface area contributed by atoms with Crippen LogP contribution in [0.15, 0.2) is 42.6 Å². The van der Waals surface area contributed by atoms with Crippen molar-refractivity contribution in [2.45, 2.75) is 26.1 Å². The molecule has 3 aromatic rings. The molecule has 2 aliphatic rings. The highest BCUT2D eigenvalue weighted by Crippen LogP contribution is 2.29. The normalized spacial score (nSPS) is 16.1. The lowest BCUT2D eigenvalue weighted by atomic mass is 10.0. The maximum absolute atomic E-state index is 13.5. The third kappa shape index (κ3) is 5.01. The fraction of sp³-hybridized carbons (Fsp3) is 0.423. The Morgan fingerprint density at radius 1 is 1.06 bits per heavy atom. The average Bonchev–Trinajstić information content (AvgIpc) is 3.27. The largest absolute Gasteiger partial charge is 0.497 e. The number of nitrogens with zero attached hydrogens (tertiary/aromatic N) is 5. The number of aromatic nitrogens is 3. The monoisotopic (exact) mass is 477 g/mol. The van der Waals surface area contributed by atoms with Crippen LogP contribution in [0.1, 0.15) is 33.0 Å². The van der Waals surface area contributed by atoms with Crippen molar-refractivity contribution in [1.82, 2.24) is 24.6 Å². The molecule has 0 atom stereocenters. The Morgan fingerprint density at radius 2 is 1.91 bits per heavy atom. The zero-order valence-electron chi connectivity index (χ0n) is 20.3. The number of carbonyl (C=O) groups excluding carboxylic acids is 1. The molecule has 1 aromatic carbocycles. The lowest BCUT2D eigenvalue weighted by Crippen LogP contribution is -2.41. The first-order valence-corrected chi connectivity index (χ1v) is 11.9. The maximum atomic E-state index is 13.5. The van der Waals surface area contributed by atoms with Gasteiger partial charge in [-0.2, -0.15) is 5.10 Å². The first-order chi connectivity index (χ1) is 17.2. The van der Waals surface area contributed by atoms with Crippen molar-refractivity contribution >= 4 is 5.91 Å². The van der Waals surface area contributed by atoms with Gasteiger partial charge in [0, 0.05) is 68.2 Å². The van der Waals surface area contributed by atoms with Gasteiger partial charge in [-0.05, 0) is 18.2 Å². The Hall–Kier alpha value is -3.43. The lowest BCUT2D eigenvalue weighted by molar-refractivity contribution is 0.0297. The van der Waals surface area contributed by atoms with Gasteiger partial charge in [0.15, 0.2) is 5.69 Å². The molecule has 0 aliphatic carbocycles. The van der Waals surface area contributed by atoms with Gasteiger partial charge < -0.3 is 19.1 Å². The van der Waals surface area contributed by atoms with E-state index in [1.54, 1.807) is 20.4 Å². The number of pyridine rings is 1. The van der Waals surface area contributed by atoms with Crippen LogP contribution in [0.4, 0.5) is 0 Å². The van der Waals surface area contributed by atoms with Crippen LogP contribution in [0.3, 0.4) is 0 Å². The van der Waals surface area contributed by atoms with E-state index >= 15 is 0 Å². The predicted octanol–water partition coefficient (Wildman–Crippen LogP) is 2.37. The van der Waals surface area contributed by atoms with Crippen LogP contribution in [-0.2, 0) is 30.8 Å². The summed E-state index contributed by atoms with van der Waals surface area (Å²) < 4.78 is 18.4. The number of methoxy groups -OCH3 is 2. The second-order valence-electron chi connectivity index (χ2n) is 8.80. The molecule has 9 heteroatoms. The molecule has 0 bridgehead atoms. The van der Waals surface area contributed by atoms with Gasteiger partial charge in [-0.3, -0.25) is 19.4 Å². The number of hydrogen-bond acceptors (Lipinski definition) is 7. The summed E-state index contributed by atoms with van der Waals surface area (Å²) in [6.07, 6.45) is 2.60. The molecule has 5 rings (SSSR count). The van der Waals surface area contributed by atoms with E-state index in [0.29, 0.717) is 51.6 Å². The molecule has 0 N–H and O–H groups in total. The summed E-state index contributed by atoms with van der Waals surface area (Å²) >= 11 is 0. The minimum Gasteiger partial charge on any atom is -0.497 e. The molecular formula is C26H31N5O4. The van der Waals surface area contributed by atoms with Crippen LogP contribution in [-0.4, -0.2) is 77.5 Å². The summed E-state index contributed by atoms with van der Waals surface area (Å²) in [5.41, 5.74) is 4.68. The van der Waals surface area contributed by atoms with Gasteiger partial charge >= 0.3 is 0 Å². The van der Waals surface area contributed by atoms with Crippen molar-refractivity contribution in [2.24, 2.45) is 0 Å². The highest BCUT2D eigenvalue weighted by molar-refractivity contribution is 5.94. The number of morpholine rings is 1. The second-order valence-corrected chi connectivity index (χ2v) is 8.80. The van der Waals surface area contributed by atoms with Crippen LogP contribution >= 0.6 is 0 Å². The third-order valence-electron chi connectivity index (χ3n) is 6.64. The maximum Gasteiger partial charge on any atom is 0.274 e. The molecule has 35 heavy (non-hydrogen) atoms.